The Labute approximate surface area is 256 Å². The first-order chi connectivity index (χ1) is 20.3. The van der Waals surface area contributed by atoms with E-state index >= 15 is 0 Å². The lowest BCUT2D eigenvalue weighted by Gasteiger charge is -2.15. The van der Waals surface area contributed by atoms with Crippen LogP contribution in [0.15, 0.2) is 12.2 Å². The maximum absolute atomic E-state index is 12.0. The van der Waals surface area contributed by atoms with Gasteiger partial charge in [-0.25, -0.2) is 4.57 Å². The number of carbonyl (C=O) groups is 2. The quantitative estimate of drug-likeness (QED) is 0.0309. The predicted octanol–water partition coefficient (Wildman–Crippen LogP) is 7.93. The molecule has 0 heterocycles. The molecule has 0 aliphatic carbocycles. The molecule has 2 unspecified atom stereocenters. The van der Waals surface area contributed by atoms with Gasteiger partial charge in [0.15, 0.2) is 0 Å². The van der Waals surface area contributed by atoms with Crippen molar-refractivity contribution in [3.63, 3.8) is 0 Å². The first-order valence-corrected chi connectivity index (χ1v) is 18.2. The number of aliphatic hydroxyl groups is 1. The Balaban J connectivity index is 3.66. The van der Waals surface area contributed by atoms with Crippen molar-refractivity contribution in [2.24, 2.45) is 0 Å². The van der Waals surface area contributed by atoms with E-state index in [4.69, 9.17) is 13.8 Å². The molecule has 0 aliphatic rings. The minimum atomic E-state index is -4.40. The Morgan fingerprint density at radius 2 is 1.26 bits per heavy atom. The zero-order valence-electron chi connectivity index (χ0n) is 26.7. The second-order valence-electron chi connectivity index (χ2n) is 11.1. The number of carbonyl (C=O) groups excluding carboxylic acids is 2. The van der Waals surface area contributed by atoms with Crippen LogP contribution in [0.3, 0.4) is 0 Å². The van der Waals surface area contributed by atoms with E-state index in [-0.39, 0.29) is 32.1 Å². The van der Waals surface area contributed by atoms with E-state index in [2.05, 4.69) is 31.3 Å². The van der Waals surface area contributed by atoms with Crippen LogP contribution in [0.2, 0.25) is 0 Å². The van der Waals surface area contributed by atoms with Crippen molar-refractivity contribution in [3.05, 3.63) is 12.2 Å². The van der Waals surface area contributed by atoms with Gasteiger partial charge in [-0.05, 0) is 32.1 Å². The smallest absolute Gasteiger partial charge is 0.463 e. The zero-order chi connectivity index (χ0) is 31.2. The third-order valence-corrected chi connectivity index (χ3v) is 7.91. The maximum atomic E-state index is 12.0. The van der Waals surface area contributed by atoms with Gasteiger partial charge in [-0.2, -0.15) is 0 Å². The Bertz CT molecular complexity index is 719. The predicted molar refractivity (Wildman–Crippen MR) is 169 cm³/mol. The number of phosphoric acid groups is 1. The van der Waals surface area contributed by atoms with Gasteiger partial charge in [0.1, 0.15) is 12.7 Å². The van der Waals surface area contributed by atoms with E-state index in [1.807, 2.05) is 0 Å². The highest BCUT2D eigenvalue weighted by molar-refractivity contribution is 7.47. The summed E-state index contributed by atoms with van der Waals surface area (Å²) in [5, 5.41) is 12.6. The van der Waals surface area contributed by atoms with Crippen LogP contribution in [0.5, 0.6) is 0 Å². The summed E-state index contributed by atoms with van der Waals surface area (Å²) in [7, 11) is -4.40. The summed E-state index contributed by atoms with van der Waals surface area (Å²) in [6, 6.07) is 0. The van der Waals surface area contributed by atoms with E-state index in [9.17, 15) is 24.2 Å². The largest absolute Gasteiger partial charge is 0.472 e. The van der Waals surface area contributed by atoms with E-state index < -0.39 is 26.5 Å². The van der Waals surface area contributed by atoms with E-state index in [0.717, 1.165) is 57.8 Å². The highest BCUT2D eigenvalue weighted by Gasteiger charge is 2.23. The zero-order valence-corrected chi connectivity index (χ0v) is 27.6. The van der Waals surface area contributed by atoms with E-state index in [1.165, 1.54) is 64.2 Å². The monoisotopic (exact) mass is 619 g/mol. The van der Waals surface area contributed by atoms with E-state index in [1.54, 1.807) is 0 Å². The van der Waals surface area contributed by atoms with Crippen LogP contribution in [-0.4, -0.2) is 54.3 Å². The van der Waals surface area contributed by atoms with Gasteiger partial charge in [-0.1, -0.05) is 116 Å². The summed E-state index contributed by atoms with van der Waals surface area (Å²) in [4.78, 5) is 33.5. The number of esters is 1. The summed E-state index contributed by atoms with van der Waals surface area (Å²) in [5.74, 6) is -0.528. The van der Waals surface area contributed by atoms with Crippen molar-refractivity contribution in [3.8, 4) is 0 Å². The van der Waals surface area contributed by atoms with Crippen molar-refractivity contribution in [1.82, 2.24) is 5.32 Å². The molecule has 0 aromatic carbocycles. The third kappa shape index (κ3) is 30.2. The van der Waals surface area contributed by atoms with Crippen LogP contribution in [0, 0.1) is 0 Å². The van der Waals surface area contributed by atoms with Crippen LogP contribution < -0.4 is 5.32 Å². The normalized spacial score (nSPS) is 13.7. The molecule has 3 N–H and O–H groups in total. The average molecular weight is 620 g/mol. The summed E-state index contributed by atoms with van der Waals surface area (Å²) in [6.07, 6.45) is 25.7. The molecule has 10 heteroatoms. The lowest BCUT2D eigenvalue weighted by atomic mass is 10.1. The molecule has 9 nitrogen and oxygen atoms in total. The minimum absolute atomic E-state index is 0.0794. The Morgan fingerprint density at radius 1 is 0.714 bits per heavy atom. The number of hydrogen-bond acceptors (Lipinski definition) is 7. The number of rotatable bonds is 31. The number of phosphoric ester groups is 1. The van der Waals surface area contributed by atoms with Gasteiger partial charge >= 0.3 is 13.8 Å². The number of nitrogens with one attached hydrogen (secondary N) is 1. The van der Waals surface area contributed by atoms with Gasteiger partial charge in [0.25, 0.3) is 0 Å². The van der Waals surface area contributed by atoms with Crippen molar-refractivity contribution in [2.75, 3.05) is 26.4 Å². The highest BCUT2D eigenvalue weighted by Crippen LogP contribution is 2.42. The number of allylic oxidation sites excluding steroid dienone is 2. The minimum Gasteiger partial charge on any atom is -0.463 e. The lowest BCUT2D eigenvalue weighted by Crippen LogP contribution is -2.27. The summed E-state index contributed by atoms with van der Waals surface area (Å²) in [6.45, 7) is 3.45. The first kappa shape index (κ1) is 40.8. The Kier molecular flexibility index (Phi) is 28.9. The van der Waals surface area contributed by atoms with Gasteiger partial charge in [0.05, 0.1) is 13.2 Å². The molecule has 0 radical (unpaired) electrons. The molecule has 0 aromatic heterocycles. The standard InChI is InChI=1S/C32H62NO8P/c1-3-5-7-9-11-13-15-17-19-21-23-25-32(36)39-28-30(34)29-41-42(37,38)40-27-26-33-31(35)24-22-20-18-16-14-12-10-8-6-4-2/h8,10,30,34H,3-7,9,11-29H2,1-2H3,(H,33,35)(H,37,38)/b10-8-. The van der Waals surface area contributed by atoms with Gasteiger partial charge in [-0.3, -0.25) is 18.6 Å². The Hall–Kier alpha value is -1.25. The average Bonchev–Trinajstić information content (AvgIpc) is 2.97. The molecular weight excluding hydrogens is 557 g/mol. The molecule has 0 spiro atoms. The molecule has 0 saturated carbocycles. The number of aliphatic hydroxyl groups excluding tert-OH is 1. The number of ether oxygens (including phenoxy) is 1. The van der Waals surface area contributed by atoms with Crippen molar-refractivity contribution in [2.45, 2.75) is 155 Å². The summed E-state index contributed by atoms with van der Waals surface area (Å²) in [5.41, 5.74) is 0. The van der Waals surface area contributed by atoms with Gasteiger partial charge in [0.2, 0.25) is 5.91 Å². The number of hydrogen-bond donors (Lipinski definition) is 3. The molecule has 0 rings (SSSR count). The first-order valence-electron chi connectivity index (χ1n) is 16.7. The molecule has 0 aromatic rings. The van der Waals surface area contributed by atoms with Crippen molar-refractivity contribution in [1.29, 1.82) is 0 Å². The Morgan fingerprint density at radius 3 is 1.88 bits per heavy atom. The van der Waals surface area contributed by atoms with Crippen LogP contribution in [0.1, 0.15) is 149 Å². The maximum Gasteiger partial charge on any atom is 0.472 e. The van der Waals surface area contributed by atoms with Gasteiger partial charge in [0, 0.05) is 19.4 Å². The molecule has 42 heavy (non-hydrogen) atoms. The third-order valence-electron chi connectivity index (χ3n) is 6.93. The van der Waals surface area contributed by atoms with Crippen molar-refractivity contribution < 1.29 is 37.9 Å². The molecule has 248 valence electrons. The molecule has 0 fully saturated rings. The lowest BCUT2D eigenvalue weighted by molar-refractivity contribution is -0.147. The SMILES string of the molecule is CCC/C=C\CCCCCCCC(=O)NCCOP(=O)(O)OCC(O)COC(=O)CCCCCCCCCCCCC. The topological polar surface area (TPSA) is 131 Å². The molecular formula is C32H62NO8P. The fraction of sp³-hybridized carbons (Fsp3) is 0.875. The number of amides is 1. The second kappa shape index (κ2) is 29.8. The van der Waals surface area contributed by atoms with Crippen LogP contribution >= 0.6 is 7.82 Å². The fourth-order valence-corrected chi connectivity index (χ4v) is 5.14. The van der Waals surface area contributed by atoms with Crippen LogP contribution in [0.4, 0.5) is 0 Å². The van der Waals surface area contributed by atoms with E-state index in [0.29, 0.717) is 6.42 Å². The van der Waals surface area contributed by atoms with Crippen LogP contribution in [-0.2, 0) is 27.9 Å². The highest BCUT2D eigenvalue weighted by atomic mass is 31.2. The molecule has 2 atom stereocenters. The van der Waals surface area contributed by atoms with Gasteiger partial charge in [-0.15, -0.1) is 0 Å². The summed E-state index contributed by atoms with van der Waals surface area (Å²) < 4.78 is 26.6. The molecule has 0 aliphatic heterocycles. The van der Waals surface area contributed by atoms with Gasteiger partial charge < -0.3 is 20.1 Å². The molecule has 0 saturated heterocycles. The molecule has 1 amide bonds. The fourth-order valence-electron chi connectivity index (χ4n) is 4.38. The summed E-state index contributed by atoms with van der Waals surface area (Å²) >= 11 is 0. The van der Waals surface area contributed by atoms with Crippen molar-refractivity contribution >= 4 is 19.7 Å². The van der Waals surface area contributed by atoms with Crippen LogP contribution in [0.25, 0.3) is 0 Å². The molecule has 0 bridgehead atoms. The second-order valence-corrected chi connectivity index (χ2v) is 12.6. The number of unbranched alkanes of at least 4 members (excludes halogenated alkanes) is 16.